The van der Waals surface area contributed by atoms with Gasteiger partial charge in [0, 0.05) is 6.92 Å². The van der Waals surface area contributed by atoms with Crippen molar-refractivity contribution in [1.29, 1.82) is 0 Å². The van der Waals surface area contributed by atoms with Gasteiger partial charge >= 0.3 is 5.97 Å². The third-order valence-corrected chi connectivity index (χ3v) is 4.01. The largest absolute Gasteiger partial charge is 0.427 e. The van der Waals surface area contributed by atoms with Crippen molar-refractivity contribution in [3.63, 3.8) is 0 Å². The zero-order valence-electron chi connectivity index (χ0n) is 13.1. The maximum atomic E-state index is 10.8. The van der Waals surface area contributed by atoms with Crippen LogP contribution in [0.3, 0.4) is 0 Å². The number of carbonyl (C=O) groups is 1. The second kappa shape index (κ2) is 8.35. The first-order valence-corrected chi connectivity index (χ1v) is 8.37. The molecule has 0 saturated heterocycles. The Hall–Kier alpha value is -0.960. The average Bonchev–Trinajstić information content (AvgIpc) is 2.33. The predicted molar refractivity (Wildman–Crippen MR) is 87.5 cm³/mol. The summed E-state index contributed by atoms with van der Waals surface area (Å²) in [5.41, 5.74) is 1.75. The molecule has 0 heterocycles. The van der Waals surface area contributed by atoms with Gasteiger partial charge in [0.25, 0.3) is 0 Å². The highest BCUT2D eigenvalue weighted by molar-refractivity contribution is 7.99. The fourth-order valence-electron chi connectivity index (χ4n) is 1.89. The van der Waals surface area contributed by atoms with Crippen LogP contribution < -0.4 is 4.74 Å². The average molecular weight is 294 g/mol. The minimum atomic E-state index is -0.271. The Morgan fingerprint density at radius 3 is 2.35 bits per heavy atom. The van der Waals surface area contributed by atoms with E-state index in [-0.39, 0.29) is 5.97 Å². The summed E-state index contributed by atoms with van der Waals surface area (Å²) in [6.07, 6.45) is 3.65. The van der Waals surface area contributed by atoms with Gasteiger partial charge in [0.15, 0.2) is 0 Å². The normalized spacial score (nSPS) is 11.4. The number of carbonyl (C=O) groups excluding carboxylic acids is 1. The molecule has 3 heteroatoms. The number of rotatable bonds is 7. The van der Waals surface area contributed by atoms with Crippen LogP contribution in [0.15, 0.2) is 24.3 Å². The van der Waals surface area contributed by atoms with Crippen molar-refractivity contribution in [2.45, 2.75) is 47.0 Å². The minimum absolute atomic E-state index is 0.271. The van der Waals surface area contributed by atoms with Gasteiger partial charge in [0.2, 0.25) is 0 Å². The molecule has 0 saturated carbocycles. The number of aryl methyl sites for hydroxylation is 1. The Balaban J connectivity index is 2.17. The van der Waals surface area contributed by atoms with E-state index >= 15 is 0 Å². The topological polar surface area (TPSA) is 26.3 Å². The summed E-state index contributed by atoms with van der Waals surface area (Å²) in [6, 6.07) is 7.80. The predicted octanol–water partition coefficient (Wildman–Crippen LogP) is 4.71. The van der Waals surface area contributed by atoms with E-state index in [1.807, 2.05) is 36.0 Å². The van der Waals surface area contributed by atoms with E-state index in [9.17, 15) is 4.79 Å². The van der Waals surface area contributed by atoms with Crippen LogP contribution in [0.5, 0.6) is 5.75 Å². The quantitative estimate of drug-likeness (QED) is 0.414. The monoisotopic (exact) mass is 294 g/mol. The van der Waals surface area contributed by atoms with Crippen LogP contribution in [-0.4, -0.2) is 17.5 Å². The second-order valence-electron chi connectivity index (χ2n) is 6.26. The van der Waals surface area contributed by atoms with Crippen LogP contribution in [0.25, 0.3) is 0 Å². The van der Waals surface area contributed by atoms with E-state index in [4.69, 9.17) is 4.74 Å². The molecule has 20 heavy (non-hydrogen) atoms. The smallest absolute Gasteiger partial charge is 0.308 e. The second-order valence-corrected chi connectivity index (χ2v) is 7.49. The molecule has 0 aliphatic rings. The van der Waals surface area contributed by atoms with Gasteiger partial charge in [-0.25, -0.2) is 0 Å². The molecule has 0 spiro atoms. The van der Waals surface area contributed by atoms with Gasteiger partial charge in [0.05, 0.1) is 0 Å². The lowest BCUT2D eigenvalue weighted by Gasteiger charge is -2.17. The lowest BCUT2D eigenvalue weighted by atomic mass is 9.91. The van der Waals surface area contributed by atoms with Gasteiger partial charge in [-0.2, -0.15) is 11.8 Å². The molecule has 0 fully saturated rings. The summed E-state index contributed by atoms with van der Waals surface area (Å²) >= 11 is 2.02. The molecule has 1 rings (SSSR count). The molecule has 0 amide bonds. The Morgan fingerprint density at radius 2 is 1.80 bits per heavy atom. The highest BCUT2D eigenvalue weighted by atomic mass is 32.2. The van der Waals surface area contributed by atoms with E-state index in [1.54, 1.807) is 0 Å². The number of benzene rings is 1. The maximum Gasteiger partial charge on any atom is 0.308 e. The SMILES string of the molecule is CC(=O)Oc1ccc(CCSCCCC(C)(C)C)cc1. The molecule has 0 unspecified atom stereocenters. The van der Waals surface area contributed by atoms with Crippen LogP contribution in [-0.2, 0) is 11.2 Å². The molecular weight excluding hydrogens is 268 g/mol. The number of thioether (sulfide) groups is 1. The molecule has 0 bridgehead atoms. The number of esters is 1. The van der Waals surface area contributed by atoms with Crippen molar-refractivity contribution >= 4 is 17.7 Å². The first-order valence-electron chi connectivity index (χ1n) is 7.22. The van der Waals surface area contributed by atoms with Crippen molar-refractivity contribution < 1.29 is 9.53 Å². The zero-order valence-corrected chi connectivity index (χ0v) is 13.9. The fourth-order valence-corrected chi connectivity index (χ4v) is 2.82. The van der Waals surface area contributed by atoms with Crippen molar-refractivity contribution in [1.82, 2.24) is 0 Å². The molecule has 1 aromatic carbocycles. The van der Waals surface area contributed by atoms with Crippen LogP contribution in [0.1, 0.15) is 46.1 Å². The summed E-state index contributed by atoms with van der Waals surface area (Å²) in [6.45, 7) is 8.30. The van der Waals surface area contributed by atoms with E-state index in [2.05, 4.69) is 20.8 Å². The lowest BCUT2D eigenvalue weighted by Crippen LogP contribution is -2.05. The van der Waals surface area contributed by atoms with Gasteiger partial charge in [0.1, 0.15) is 5.75 Å². The molecule has 0 N–H and O–H groups in total. The number of hydrogen-bond acceptors (Lipinski definition) is 3. The van der Waals surface area contributed by atoms with E-state index < -0.39 is 0 Å². The van der Waals surface area contributed by atoms with Gasteiger partial charge in [-0.3, -0.25) is 4.79 Å². The van der Waals surface area contributed by atoms with Crippen molar-refractivity contribution in [3.05, 3.63) is 29.8 Å². The molecular formula is C17H26O2S. The molecule has 0 radical (unpaired) electrons. The van der Waals surface area contributed by atoms with E-state index in [0.717, 1.165) is 12.2 Å². The Morgan fingerprint density at radius 1 is 1.15 bits per heavy atom. The van der Waals surface area contributed by atoms with Crippen molar-refractivity contribution in [2.24, 2.45) is 5.41 Å². The molecule has 0 aliphatic carbocycles. The Bertz CT molecular complexity index is 404. The highest BCUT2D eigenvalue weighted by Crippen LogP contribution is 2.22. The van der Waals surface area contributed by atoms with E-state index in [1.165, 1.54) is 31.1 Å². The molecule has 1 aromatic rings. The molecule has 0 atom stereocenters. The number of hydrogen-bond donors (Lipinski definition) is 0. The lowest BCUT2D eigenvalue weighted by molar-refractivity contribution is -0.131. The summed E-state index contributed by atoms with van der Waals surface area (Å²) in [5.74, 6) is 2.74. The van der Waals surface area contributed by atoms with Crippen LogP contribution in [0.4, 0.5) is 0 Å². The third kappa shape index (κ3) is 8.26. The summed E-state index contributed by atoms with van der Waals surface area (Å²) in [7, 11) is 0. The minimum Gasteiger partial charge on any atom is -0.427 e. The molecule has 0 aliphatic heterocycles. The van der Waals surface area contributed by atoms with Gasteiger partial charge < -0.3 is 4.74 Å². The van der Waals surface area contributed by atoms with Crippen molar-refractivity contribution in [3.8, 4) is 5.75 Å². The zero-order chi connectivity index (χ0) is 15.0. The number of ether oxygens (including phenoxy) is 1. The highest BCUT2D eigenvalue weighted by Gasteiger charge is 2.08. The molecule has 0 aromatic heterocycles. The molecule has 112 valence electrons. The van der Waals surface area contributed by atoms with Gasteiger partial charge in [-0.05, 0) is 53.9 Å². The van der Waals surface area contributed by atoms with Gasteiger partial charge in [-0.15, -0.1) is 0 Å². The van der Waals surface area contributed by atoms with Crippen molar-refractivity contribution in [2.75, 3.05) is 11.5 Å². The standard InChI is InChI=1S/C17H26O2S/c1-14(18)19-16-8-6-15(7-9-16)10-13-20-12-5-11-17(2,3)4/h6-9H,5,10-13H2,1-4H3. The third-order valence-electron chi connectivity index (χ3n) is 2.94. The Kier molecular flexibility index (Phi) is 7.14. The van der Waals surface area contributed by atoms with Crippen LogP contribution in [0, 0.1) is 5.41 Å². The fraction of sp³-hybridized carbons (Fsp3) is 0.588. The van der Waals surface area contributed by atoms with Crippen LogP contribution in [0.2, 0.25) is 0 Å². The summed E-state index contributed by atoms with van der Waals surface area (Å²) in [5, 5.41) is 0. The maximum absolute atomic E-state index is 10.8. The van der Waals surface area contributed by atoms with Gasteiger partial charge in [-0.1, -0.05) is 32.9 Å². The summed E-state index contributed by atoms with van der Waals surface area (Å²) in [4.78, 5) is 10.8. The Labute approximate surface area is 127 Å². The first-order chi connectivity index (χ1) is 9.37. The summed E-state index contributed by atoms with van der Waals surface area (Å²) < 4.78 is 5.01. The van der Waals surface area contributed by atoms with E-state index in [0.29, 0.717) is 11.2 Å². The van der Waals surface area contributed by atoms with Crippen LogP contribution >= 0.6 is 11.8 Å². The molecule has 2 nitrogen and oxygen atoms in total. The first kappa shape index (κ1) is 17.1.